The van der Waals surface area contributed by atoms with Gasteiger partial charge in [-0.05, 0) is 25.2 Å². The van der Waals surface area contributed by atoms with Gasteiger partial charge in [-0.15, -0.1) is 0 Å². The Morgan fingerprint density at radius 1 is 0.905 bits per heavy atom. The first-order valence-electron chi connectivity index (χ1n) is 13.6. The van der Waals surface area contributed by atoms with E-state index < -0.39 is 29.9 Å². The Balaban J connectivity index is 0. The zero-order chi connectivity index (χ0) is 32.7. The van der Waals surface area contributed by atoms with Gasteiger partial charge in [0.25, 0.3) is 11.8 Å². The highest BCUT2D eigenvalue weighted by molar-refractivity contribution is 7.40. The maximum atomic E-state index is 12.1. The maximum absolute atomic E-state index is 12.1. The van der Waals surface area contributed by atoms with Crippen molar-refractivity contribution in [2.45, 2.75) is 72.3 Å². The van der Waals surface area contributed by atoms with Crippen molar-refractivity contribution in [3.8, 4) is 0 Å². The van der Waals surface area contributed by atoms with Crippen molar-refractivity contribution >= 4 is 56.3 Å². The molecule has 0 saturated heterocycles. The van der Waals surface area contributed by atoms with Crippen LogP contribution in [-0.2, 0) is 33.6 Å². The van der Waals surface area contributed by atoms with Gasteiger partial charge in [0.1, 0.15) is 6.04 Å². The number of hydrogen-bond acceptors (Lipinski definition) is 8. The highest BCUT2D eigenvalue weighted by Gasteiger charge is 2.24. The Kier molecular flexibility index (Phi) is 22.8. The van der Waals surface area contributed by atoms with Crippen LogP contribution in [-0.4, -0.2) is 89.3 Å². The van der Waals surface area contributed by atoms with E-state index in [0.29, 0.717) is 32.4 Å². The predicted octanol–water partition coefficient (Wildman–Crippen LogP) is -0.208. The quantitative estimate of drug-likeness (QED) is 0.0764. The first-order valence-corrected chi connectivity index (χ1v) is 14.1. The van der Waals surface area contributed by atoms with Crippen LogP contribution < -0.4 is 27.0 Å². The van der Waals surface area contributed by atoms with E-state index in [4.69, 9.17) is 10.8 Å². The number of carbonyl (C=O) groups excluding carboxylic acids is 7. The van der Waals surface area contributed by atoms with Gasteiger partial charge in [-0.3, -0.25) is 38.5 Å². The SMILES string of the molecule is CC(C)C(NC(=O)CNC(=O)CCCCCN1C(=O)C=CC1=O)C(=O)NCC(=O)P.CCC(=O)O.CCCNC(N)=O. The summed E-state index contributed by atoms with van der Waals surface area (Å²) in [6.45, 7) is 7.66. The molecule has 2 unspecified atom stereocenters. The molecule has 0 aliphatic carbocycles. The van der Waals surface area contributed by atoms with Gasteiger partial charge in [-0.2, -0.15) is 0 Å². The molecule has 0 fully saturated rings. The number of primary amides is 1. The number of carbonyl (C=O) groups is 8. The van der Waals surface area contributed by atoms with Gasteiger partial charge in [0.15, 0.2) is 5.52 Å². The molecule has 0 aromatic heterocycles. The molecule has 7 amide bonds. The van der Waals surface area contributed by atoms with E-state index in [1.807, 2.05) is 16.2 Å². The first kappa shape index (κ1) is 40.3. The molecule has 2 atom stereocenters. The second kappa shape index (κ2) is 23.8. The van der Waals surface area contributed by atoms with Crippen molar-refractivity contribution in [1.29, 1.82) is 0 Å². The van der Waals surface area contributed by atoms with Crippen molar-refractivity contribution in [3.05, 3.63) is 12.2 Å². The molecule has 0 bridgehead atoms. The van der Waals surface area contributed by atoms with Crippen LogP contribution in [0.3, 0.4) is 0 Å². The highest BCUT2D eigenvalue weighted by Crippen LogP contribution is 2.07. The maximum Gasteiger partial charge on any atom is 0.312 e. The lowest BCUT2D eigenvalue weighted by Crippen LogP contribution is -2.52. The molecule has 0 saturated carbocycles. The molecule has 42 heavy (non-hydrogen) atoms. The normalized spacial score (nSPS) is 12.3. The third kappa shape index (κ3) is 21.9. The molecular weight excluding hydrogens is 571 g/mol. The van der Waals surface area contributed by atoms with Crippen LogP contribution in [0, 0.1) is 5.92 Å². The summed E-state index contributed by atoms with van der Waals surface area (Å²) < 4.78 is 0. The van der Waals surface area contributed by atoms with Gasteiger partial charge < -0.3 is 32.1 Å². The first-order chi connectivity index (χ1) is 19.7. The van der Waals surface area contributed by atoms with Crippen molar-refractivity contribution in [2.75, 3.05) is 26.2 Å². The Hall–Kier alpha value is -3.87. The number of nitrogens with one attached hydrogen (secondary N) is 4. The summed E-state index contributed by atoms with van der Waals surface area (Å²) in [7, 11) is 1.95. The lowest BCUT2D eigenvalue weighted by atomic mass is 10.0. The molecule has 1 aliphatic rings. The number of unbranched alkanes of at least 4 members (excludes halogenated alkanes) is 2. The molecule has 16 heteroatoms. The van der Waals surface area contributed by atoms with E-state index in [1.165, 1.54) is 12.2 Å². The summed E-state index contributed by atoms with van der Waals surface area (Å²) in [6, 6.07) is -1.26. The molecule has 1 rings (SSSR count). The van der Waals surface area contributed by atoms with Crippen LogP contribution in [0.5, 0.6) is 0 Å². The van der Waals surface area contributed by atoms with Crippen LogP contribution >= 0.6 is 9.24 Å². The fourth-order valence-electron chi connectivity index (χ4n) is 2.94. The van der Waals surface area contributed by atoms with Crippen molar-refractivity contribution in [3.63, 3.8) is 0 Å². The van der Waals surface area contributed by atoms with Crippen LogP contribution in [0.25, 0.3) is 0 Å². The van der Waals surface area contributed by atoms with E-state index in [0.717, 1.165) is 11.3 Å². The number of aliphatic carboxylic acids is 1. The molecule has 0 spiro atoms. The summed E-state index contributed by atoms with van der Waals surface area (Å²) in [5, 5.41) is 17.6. The number of nitrogens with zero attached hydrogens (tertiary/aromatic N) is 1. The van der Waals surface area contributed by atoms with Gasteiger partial charge in [0.2, 0.25) is 17.7 Å². The Morgan fingerprint density at radius 2 is 1.48 bits per heavy atom. The van der Waals surface area contributed by atoms with E-state index in [9.17, 15) is 38.4 Å². The number of imide groups is 1. The Morgan fingerprint density at radius 3 is 1.90 bits per heavy atom. The molecule has 7 N–H and O–H groups in total. The minimum Gasteiger partial charge on any atom is -0.481 e. The third-order valence-corrected chi connectivity index (χ3v) is 5.39. The fourth-order valence-corrected chi connectivity index (χ4v) is 3.04. The minimum absolute atomic E-state index is 0.143. The number of hydrogen-bond donors (Lipinski definition) is 6. The highest BCUT2D eigenvalue weighted by atomic mass is 31.0. The van der Waals surface area contributed by atoms with Crippen LogP contribution in [0.4, 0.5) is 4.79 Å². The Labute approximate surface area is 248 Å². The summed E-state index contributed by atoms with van der Waals surface area (Å²) in [6.07, 6.45) is 5.63. The number of amides is 7. The molecular formula is C26H45N6O9P. The third-order valence-electron chi connectivity index (χ3n) is 5.19. The minimum atomic E-state index is -0.816. The summed E-state index contributed by atoms with van der Waals surface area (Å²) >= 11 is 0. The molecule has 1 heterocycles. The number of carboxylic acid groups (broad SMARTS) is 1. The summed E-state index contributed by atoms with van der Waals surface area (Å²) in [5.74, 6) is -2.87. The van der Waals surface area contributed by atoms with Gasteiger partial charge in [-0.25, -0.2) is 4.79 Å². The standard InChI is InChI=1S/C19H29N4O6P.C4H10N2O.C3H6O2/c1-12(2)18(19(29)21-11-17(28)30)22-14(25)10-20-13(24)6-4-3-5-9-23-15(26)7-8-16(23)27;1-2-3-6-4(5)7;1-2-3(4)5/h7-8,12,18H,3-6,9-11,30H2,1-2H3,(H,20,24)(H,21,29)(H,22,25);2-3H2,1H3,(H3,5,6,7);2H2,1H3,(H,4,5). The van der Waals surface area contributed by atoms with Gasteiger partial charge in [0.05, 0.1) is 13.1 Å². The number of rotatable bonds is 16. The number of carboxylic acids is 1. The van der Waals surface area contributed by atoms with E-state index in [-0.39, 0.29) is 55.1 Å². The second-order valence-corrected chi connectivity index (χ2v) is 9.90. The largest absolute Gasteiger partial charge is 0.481 e. The monoisotopic (exact) mass is 616 g/mol. The molecule has 0 aromatic rings. The molecule has 0 aromatic carbocycles. The van der Waals surface area contributed by atoms with Crippen molar-refractivity contribution in [1.82, 2.24) is 26.2 Å². The molecule has 15 nitrogen and oxygen atoms in total. The smallest absolute Gasteiger partial charge is 0.312 e. The van der Waals surface area contributed by atoms with E-state index in [1.54, 1.807) is 20.8 Å². The lowest BCUT2D eigenvalue weighted by Gasteiger charge is -2.21. The lowest BCUT2D eigenvalue weighted by molar-refractivity contribution is -0.138. The molecule has 1 aliphatic heterocycles. The average Bonchev–Trinajstić information content (AvgIpc) is 3.24. The topological polar surface area (TPSA) is 234 Å². The van der Waals surface area contributed by atoms with Crippen LogP contribution in [0.15, 0.2) is 12.2 Å². The van der Waals surface area contributed by atoms with Crippen LogP contribution in [0.1, 0.15) is 66.2 Å². The average molecular weight is 617 g/mol. The fraction of sp³-hybridized carbons (Fsp3) is 0.615. The predicted molar refractivity (Wildman–Crippen MR) is 158 cm³/mol. The van der Waals surface area contributed by atoms with E-state index in [2.05, 4.69) is 21.3 Å². The van der Waals surface area contributed by atoms with E-state index >= 15 is 0 Å². The summed E-state index contributed by atoms with van der Waals surface area (Å²) in [4.78, 5) is 90.1. The van der Waals surface area contributed by atoms with Crippen molar-refractivity contribution in [2.24, 2.45) is 11.7 Å². The van der Waals surface area contributed by atoms with Gasteiger partial charge >= 0.3 is 12.0 Å². The van der Waals surface area contributed by atoms with Crippen LogP contribution in [0.2, 0.25) is 0 Å². The van der Waals surface area contributed by atoms with Gasteiger partial charge in [0, 0.05) is 38.1 Å². The number of urea groups is 1. The zero-order valence-corrected chi connectivity index (χ0v) is 25.9. The molecule has 0 radical (unpaired) electrons. The zero-order valence-electron chi connectivity index (χ0n) is 24.7. The summed E-state index contributed by atoms with van der Waals surface area (Å²) in [5.41, 5.74) is 4.45. The molecule has 238 valence electrons. The second-order valence-electron chi connectivity index (χ2n) is 9.26. The van der Waals surface area contributed by atoms with Crippen molar-refractivity contribution < 1.29 is 43.5 Å². The Bertz CT molecular complexity index is 954. The van der Waals surface area contributed by atoms with Gasteiger partial charge in [-0.1, -0.05) is 43.4 Å². The number of nitrogens with two attached hydrogens (primary N) is 1.